The molecule has 0 bridgehead atoms. The molecule has 0 aliphatic heterocycles. The highest BCUT2D eigenvalue weighted by Gasteiger charge is 2.16. The number of aromatic nitrogens is 1. The predicted molar refractivity (Wildman–Crippen MR) is 117 cm³/mol. The van der Waals surface area contributed by atoms with Crippen molar-refractivity contribution in [1.29, 1.82) is 0 Å². The van der Waals surface area contributed by atoms with Crippen molar-refractivity contribution in [2.75, 3.05) is 0 Å². The van der Waals surface area contributed by atoms with E-state index in [9.17, 15) is 9.59 Å². The number of fused-ring (bicyclic) bond motifs is 1. The fourth-order valence-electron chi connectivity index (χ4n) is 3.68. The van der Waals surface area contributed by atoms with Crippen LogP contribution in [-0.4, -0.2) is 10.5 Å². The molecule has 1 amide bonds. The molecule has 1 atom stereocenters. The van der Waals surface area contributed by atoms with Crippen LogP contribution >= 0.6 is 0 Å². The normalized spacial score (nSPS) is 12.0. The van der Waals surface area contributed by atoms with Gasteiger partial charge in [0.2, 0.25) is 5.91 Å². The molecule has 0 fully saturated rings. The predicted octanol–water partition coefficient (Wildman–Crippen LogP) is 4.47. The minimum atomic E-state index is -0.386. The first-order valence-corrected chi connectivity index (χ1v) is 10.2. The molecule has 5 nitrogen and oxygen atoms in total. The molecule has 1 aromatic heterocycles. The summed E-state index contributed by atoms with van der Waals surface area (Å²) in [5.74, 6) is -0.413. The number of aryl methyl sites for hydroxylation is 1. The van der Waals surface area contributed by atoms with Crippen molar-refractivity contribution in [3.8, 4) is 0 Å². The first-order valence-electron chi connectivity index (χ1n) is 10.2. The number of hydrogen-bond donors (Lipinski definition) is 1. The Morgan fingerprint density at radius 3 is 2.33 bits per heavy atom. The quantitative estimate of drug-likeness (QED) is 0.474. The zero-order valence-corrected chi connectivity index (χ0v) is 16.7. The summed E-state index contributed by atoms with van der Waals surface area (Å²) in [6.07, 6.45) is 1.62. The number of rotatable bonds is 8. The van der Waals surface area contributed by atoms with Crippen molar-refractivity contribution in [3.63, 3.8) is 0 Å². The third kappa shape index (κ3) is 4.69. The van der Waals surface area contributed by atoms with E-state index in [1.54, 1.807) is 10.6 Å². The van der Waals surface area contributed by atoms with E-state index >= 15 is 0 Å². The Labute approximate surface area is 175 Å². The summed E-state index contributed by atoms with van der Waals surface area (Å²) < 4.78 is 6.84. The SMILES string of the molecule is O=C(CCCn1c(=O)oc2ccccc21)NC(Cc1ccccc1)c1ccccc1. The highest BCUT2D eigenvalue weighted by Crippen LogP contribution is 2.19. The second-order valence-electron chi connectivity index (χ2n) is 7.31. The Hall–Kier alpha value is -3.60. The molecule has 152 valence electrons. The molecule has 0 radical (unpaired) electrons. The Morgan fingerprint density at radius 1 is 0.900 bits per heavy atom. The Balaban J connectivity index is 1.40. The highest BCUT2D eigenvalue weighted by molar-refractivity contribution is 5.76. The lowest BCUT2D eigenvalue weighted by molar-refractivity contribution is -0.122. The maximum atomic E-state index is 12.7. The first-order chi connectivity index (χ1) is 14.7. The van der Waals surface area contributed by atoms with Crippen molar-refractivity contribution in [3.05, 3.63) is 107 Å². The molecule has 0 aliphatic rings. The number of hydrogen-bond acceptors (Lipinski definition) is 3. The van der Waals surface area contributed by atoms with E-state index in [1.807, 2.05) is 66.7 Å². The zero-order valence-electron chi connectivity index (χ0n) is 16.7. The van der Waals surface area contributed by atoms with Gasteiger partial charge in [0.05, 0.1) is 11.6 Å². The van der Waals surface area contributed by atoms with Crippen LogP contribution in [0.2, 0.25) is 0 Å². The Kier molecular flexibility index (Phi) is 6.09. The maximum absolute atomic E-state index is 12.7. The molecule has 0 spiro atoms. The van der Waals surface area contributed by atoms with Crippen LogP contribution in [0.1, 0.15) is 30.0 Å². The van der Waals surface area contributed by atoms with Gasteiger partial charge in [0.1, 0.15) is 0 Å². The Morgan fingerprint density at radius 2 is 1.57 bits per heavy atom. The van der Waals surface area contributed by atoms with E-state index in [2.05, 4.69) is 17.4 Å². The smallest absolute Gasteiger partial charge is 0.408 e. The largest absolute Gasteiger partial charge is 0.419 e. The molecule has 0 aliphatic carbocycles. The summed E-state index contributed by atoms with van der Waals surface area (Å²) in [5.41, 5.74) is 3.57. The van der Waals surface area contributed by atoms with E-state index in [1.165, 1.54) is 5.56 Å². The van der Waals surface area contributed by atoms with E-state index in [0.29, 0.717) is 25.0 Å². The lowest BCUT2D eigenvalue weighted by atomic mass is 9.98. The van der Waals surface area contributed by atoms with Gasteiger partial charge in [-0.3, -0.25) is 9.36 Å². The lowest BCUT2D eigenvalue weighted by Crippen LogP contribution is -2.30. The molecule has 0 saturated carbocycles. The summed E-state index contributed by atoms with van der Waals surface area (Å²) in [6.45, 7) is 0.442. The minimum absolute atomic E-state index is 0.0272. The van der Waals surface area contributed by atoms with Gasteiger partial charge in [0, 0.05) is 13.0 Å². The number of para-hydroxylation sites is 2. The van der Waals surface area contributed by atoms with Gasteiger partial charge in [-0.05, 0) is 36.1 Å². The van der Waals surface area contributed by atoms with Gasteiger partial charge >= 0.3 is 5.76 Å². The van der Waals surface area contributed by atoms with Crippen molar-refractivity contribution >= 4 is 17.0 Å². The molecule has 5 heteroatoms. The number of benzene rings is 3. The standard InChI is InChI=1S/C25H24N2O3/c28-24(16-9-17-27-22-14-7-8-15-23(22)30-25(27)29)26-21(20-12-5-2-6-13-20)18-19-10-3-1-4-11-19/h1-8,10-15,21H,9,16-18H2,(H,26,28). The number of nitrogens with one attached hydrogen (secondary N) is 1. The van der Waals surface area contributed by atoms with Crippen LogP contribution < -0.4 is 11.1 Å². The van der Waals surface area contributed by atoms with Crippen LogP contribution in [0, 0.1) is 0 Å². The van der Waals surface area contributed by atoms with Crippen molar-refractivity contribution in [1.82, 2.24) is 9.88 Å². The molecule has 1 N–H and O–H groups in total. The zero-order chi connectivity index (χ0) is 20.8. The number of carbonyl (C=O) groups is 1. The van der Waals surface area contributed by atoms with Crippen LogP contribution in [0.15, 0.2) is 94.1 Å². The monoisotopic (exact) mass is 400 g/mol. The van der Waals surface area contributed by atoms with Crippen LogP contribution in [0.4, 0.5) is 0 Å². The summed E-state index contributed by atoms with van der Waals surface area (Å²) in [4.78, 5) is 24.7. The molecule has 1 heterocycles. The van der Waals surface area contributed by atoms with Gasteiger partial charge in [0.25, 0.3) is 0 Å². The van der Waals surface area contributed by atoms with E-state index < -0.39 is 0 Å². The molecular formula is C25H24N2O3. The van der Waals surface area contributed by atoms with Gasteiger partial charge in [-0.2, -0.15) is 0 Å². The van der Waals surface area contributed by atoms with E-state index in [0.717, 1.165) is 17.5 Å². The van der Waals surface area contributed by atoms with Gasteiger partial charge in [-0.1, -0.05) is 72.8 Å². The first kappa shape index (κ1) is 19.7. The van der Waals surface area contributed by atoms with Crippen molar-refractivity contribution < 1.29 is 9.21 Å². The third-order valence-electron chi connectivity index (χ3n) is 5.18. The minimum Gasteiger partial charge on any atom is -0.408 e. The maximum Gasteiger partial charge on any atom is 0.419 e. The fraction of sp³-hybridized carbons (Fsp3) is 0.200. The summed E-state index contributed by atoms with van der Waals surface area (Å²) in [5, 5.41) is 3.16. The lowest BCUT2D eigenvalue weighted by Gasteiger charge is -2.19. The summed E-state index contributed by atoms with van der Waals surface area (Å²) >= 11 is 0. The molecule has 3 aromatic carbocycles. The van der Waals surface area contributed by atoms with Crippen LogP contribution in [0.5, 0.6) is 0 Å². The molecule has 4 rings (SSSR count). The van der Waals surface area contributed by atoms with E-state index in [-0.39, 0.29) is 17.7 Å². The van der Waals surface area contributed by atoms with Crippen LogP contribution in [-0.2, 0) is 17.8 Å². The van der Waals surface area contributed by atoms with Gasteiger partial charge in [-0.15, -0.1) is 0 Å². The average molecular weight is 400 g/mol. The second kappa shape index (κ2) is 9.27. The van der Waals surface area contributed by atoms with Gasteiger partial charge in [-0.25, -0.2) is 4.79 Å². The molecule has 30 heavy (non-hydrogen) atoms. The van der Waals surface area contributed by atoms with Crippen LogP contribution in [0.25, 0.3) is 11.1 Å². The Bertz CT molecular complexity index is 1160. The van der Waals surface area contributed by atoms with Crippen molar-refractivity contribution in [2.45, 2.75) is 31.8 Å². The molecule has 0 saturated heterocycles. The average Bonchev–Trinajstić information content (AvgIpc) is 3.10. The third-order valence-corrected chi connectivity index (χ3v) is 5.18. The number of nitrogens with zero attached hydrogens (tertiary/aromatic N) is 1. The fourth-order valence-corrected chi connectivity index (χ4v) is 3.68. The molecule has 1 unspecified atom stereocenters. The van der Waals surface area contributed by atoms with Gasteiger partial charge in [0.15, 0.2) is 5.58 Å². The second-order valence-corrected chi connectivity index (χ2v) is 7.31. The summed E-state index contributed by atoms with van der Waals surface area (Å²) in [6, 6.07) is 27.4. The summed E-state index contributed by atoms with van der Waals surface area (Å²) in [7, 11) is 0. The van der Waals surface area contributed by atoms with Crippen LogP contribution in [0.3, 0.4) is 0 Å². The number of oxazole rings is 1. The topological polar surface area (TPSA) is 64.2 Å². The number of carbonyl (C=O) groups excluding carboxylic acids is 1. The van der Waals surface area contributed by atoms with Gasteiger partial charge < -0.3 is 9.73 Å². The van der Waals surface area contributed by atoms with Crippen molar-refractivity contribution in [2.24, 2.45) is 0 Å². The number of amides is 1. The molecule has 4 aromatic rings. The molecular weight excluding hydrogens is 376 g/mol. The highest BCUT2D eigenvalue weighted by atomic mass is 16.4. The van der Waals surface area contributed by atoms with E-state index in [4.69, 9.17) is 4.42 Å².